The zero-order chi connectivity index (χ0) is 13.7. The van der Waals surface area contributed by atoms with Gasteiger partial charge in [0.1, 0.15) is 6.10 Å². The molecule has 19 heavy (non-hydrogen) atoms. The molecule has 1 N–H and O–H groups in total. The summed E-state index contributed by atoms with van der Waals surface area (Å²) >= 11 is 1.51. The predicted molar refractivity (Wildman–Crippen MR) is 76.1 cm³/mol. The van der Waals surface area contributed by atoms with Crippen LogP contribution in [0.5, 0.6) is 0 Å². The highest BCUT2D eigenvalue weighted by Crippen LogP contribution is 2.29. The Morgan fingerprint density at radius 2 is 2.21 bits per heavy atom. The Balaban J connectivity index is 2.27. The maximum absolute atomic E-state index is 12.2. The van der Waals surface area contributed by atoms with E-state index in [-0.39, 0.29) is 24.7 Å². The Bertz CT molecular complexity index is 412. The molecule has 0 radical (unpaired) electrons. The fraction of sp³-hybridized carbons (Fsp3) is 0.500. The first-order chi connectivity index (χ1) is 9.27. The zero-order valence-electron chi connectivity index (χ0n) is 11.0. The van der Waals surface area contributed by atoms with Crippen LogP contribution >= 0.6 is 11.8 Å². The highest BCUT2D eigenvalue weighted by molar-refractivity contribution is 7.99. The lowest BCUT2D eigenvalue weighted by atomic mass is 9.98. The Labute approximate surface area is 117 Å². The van der Waals surface area contributed by atoms with Crippen molar-refractivity contribution in [1.29, 1.82) is 0 Å². The number of amides is 1. The summed E-state index contributed by atoms with van der Waals surface area (Å²) in [4.78, 5) is 14.0. The van der Waals surface area contributed by atoms with Gasteiger partial charge in [-0.3, -0.25) is 4.79 Å². The van der Waals surface area contributed by atoms with Crippen LogP contribution in [0.2, 0.25) is 0 Å². The number of hydrogen-bond donors (Lipinski definition) is 1. The summed E-state index contributed by atoms with van der Waals surface area (Å²) in [5.74, 6) is 0.560. The largest absolute Gasteiger partial charge is 0.394 e. The van der Waals surface area contributed by atoms with Crippen molar-refractivity contribution in [3.05, 3.63) is 35.9 Å². The number of aliphatic hydroxyl groups excluding tert-OH is 1. The number of hydrogen-bond acceptors (Lipinski definition) is 4. The van der Waals surface area contributed by atoms with Gasteiger partial charge in [-0.25, -0.2) is 0 Å². The van der Waals surface area contributed by atoms with Crippen molar-refractivity contribution in [2.75, 3.05) is 31.8 Å². The quantitative estimate of drug-likeness (QED) is 0.904. The van der Waals surface area contributed by atoms with Crippen molar-refractivity contribution in [3.8, 4) is 0 Å². The van der Waals surface area contributed by atoms with Gasteiger partial charge in [0.2, 0.25) is 5.91 Å². The molecule has 2 atom stereocenters. The second-order valence-electron chi connectivity index (χ2n) is 4.47. The van der Waals surface area contributed by atoms with Crippen LogP contribution < -0.4 is 0 Å². The van der Waals surface area contributed by atoms with E-state index in [1.165, 1.54) is 11.8 Å². The van der Waals surface area contributed by atoms with Gasteiger partial charge in [0.05, 0.1) is 25.0 Å². The van der Waals surface area contributed by atoms with Crippen LogP contribution in [0.3, 0.4) is 0 Å². The van der Waals surface area contributed by atoms with E-state index in [9.17, 15) is 9.90 Å². The Hall–Kier alpha value is -1.04. The van der Waals surface area contributed by atoms with Crippen molar-refractivity contribution >= 4 is 17.7 Å². The molecule has 0 aromatic heterocycles. The molecule has 0 spiro atoms. The third-order valence-electron chi connectivity index (χ3n) is 3.26. The lowest BCUT2D eigenvalue weighted by molar-refractivity contribution is -0.147. The molecule has 5 heteroatoms. The summed E-state index contributed by atoms with van der Waals surface area (Å²) in [5, 5.41) is 9.48. The maximum Gasteiger partial charge on any atom is 0.233 e. The molecule has 0 bridgehead atoms. The van der Waals surface area contributed by atoms with E-state index in [4.69, 9.17) is 4.74 Å². The average Bonchev–Trinajstić information content (AvgIpc) is 2.47. The van der Waals surface area contributed by atoms with E-state index >= 15 is 0 Å². The van der Waals surface area contributed by atoms with E-state index in [1.807, 2.05) is 41.5 Å². The normalized spacial score (nSPS) is 23.4. The summed E-state index contributed by atoms with van der Waals surface area (Å²) in [7, 11) is 0. The molecule has 1 aliphatic rings. The van der Waals surface area contributed by atoms with Gasteiger partial charge >= 0.3 is 0 Å². The molecular formula is C14H19NO3S. The highest BCUT2D eigenvalue weighted by atomic mass is 32.2. The number of thioether (sulfide) groups is 1. The third-order valence-corrected chi connectivity index (χ3v) is 3.80. The SMILES string of the molecule is CSCC(=O)N1CCO[C@H](CO)[C@H]1c1ccccc1. The van der Waals surface area contributed by atoms with Crippen LogP contribution in [-0.4, -0.2) is 53.8 Å². The molecule has 1 aromatic rings. The van der Waals surface area contributed by atoms with E-state index in [2.05, 4.69) is 0 Å². The van der Waals surface area contributed by atoms with Crippen molar-refractivity contribution in [1.82, 2.24) is 4.90 Å². The Morgan fingerprint density at radius 1 is 1.47 bits per heavy atom. The van der Waals surface area contributed by atoms with E-state index in [1.54, 1.807) is 0 Å². The molecule has 1 saturated heterocycles. The molecule has 1 aliphatic heterocycles. The molecule has 1 aromatic carbocycles. The van der Waals surface area contributed by atoms with Crippen LogP contribution in [0, 0.1) is 0 Å². The van der Waals surface area contributed by atoms with Gasteiger partial charge in [0.15, 0.2) is 0 Å². The van der Waals surface area contributed by atoms with Crippen LogP contribution in [-0.2, 0) is 9.53 Å². The minimum atomic E-state index is -0.345. The Kier molecular flexibility index (Phi) is 5.24. The number of nitrogens with zero attached hydrogens (tertiary/aromatic N) is 1. The van der Waals surface area contributed by atoms with Gasteiger partial charge < -0.3 is 14.7 Å². The fourth-order valence-corrected chi connectivity index (χ4v) is 2.83. The van der Waals surface area contributed by atoms with Gasteiger partial charge in [0, 0.05) is 6.54 Å². The van der Waals surface area contributed by atoms with Crippen molar-refractivity contribution in [2.24, 2.45) is 0 Å². The summed E-state index contributed by atoms with van der Waals surface area (Å²) < 4.78 is 5.60. The first-order valence-electron chi connectivity index (χ1n) is 6.33. The van der Waals surface area contributed by atoms with Crippen molar-refractivity contribution in [3.63, 3.8) is 0 Å². The summed E-state index contributed by atoms with van der Waals surface area (Å²) in [6, 6.07) is 9.57. The summed E-state index contributed by atoms with van der Waals surface area (Å²) in [6.45, 7) is 0.979. The van der Waals surface area contributed by atoms with Gasteiger partial charge in [-0.1, -0.05) is 30.3 Å². The van der Waals surface area contributed by atoms with Crippen molar-refractivity contribution in [2.45, 2.75) is 12.1 Å². The van der Waals surface area contributed by atoms with Gasteiger partial charge in [-0.05, 0) is 11.8 Å². The first kappa shape index (κ1) is 14.4. The van der Waals surface area contributed by atoms with Crippen LogP contribution in [0.1, 0.15) is 11.6 Å². The molecule has 104 valence electrons. The molecule has 0 unspecified atom stereocenters. The van der Waals surface area contributed by atoms with Crippen molar-refractivity contribution < 1.29 is 14.6 Å². The number of carbonyl (C=O) groups excluding carboxylic acids is 1. The summed E-state index contributed by atoms with van der Waals surface area (Å²) in [5.41, 5.74) is 1.01. The van der Waals surface area contributed by atoms with Crippen LogP contribution in [0.25, 0.3) is 0 Å². The number of benzene rings is 1. The molecule has 1 heterocycles. The van der Waals surface area contributed by atoms with E-state index in [0.29, 0.717) is 18.9 Å². The number of carbonyl (C=O) groups is 1. The zero-order valence-corrected chi connectivity index (χ0v) is 11.8. The number of ether oxygens (including phenoxy) is 1. The number of morpholine rings is 1. The minimum Gasteiger partial charge on any atom is -0.394 e. The average molecular weight is 281 g/mol. The highest BCUT2D eigenvalue weighted by Gasteiger charge is 2.35. The molecule has 1 fully saturated rings. The van der Waals surface area contributed by atoms with Gasteiger partial charge in [0.25, 0.3) is 0 Å². The molecule has 2 rings (SSSR count). The lowest BCUT2D eigenvalue weighted by Crippen LogP contribution is -2.50. The third kappa shape index (κ3) is 3.29. The Morgan fingerprint density at radius 3 is 2.84 bits per heavy atom. The smallest absolute Gasteiger partial charge is 0.233 e. The molecule has 1 amide bonds. The molecule has 0 aliphatic carbocycles. The monoisotopic (exact) mass is 281 g/mol. The number of rotatable bonds is 4. The second-order valence-corrected chi connectivity index (χ2v) is 5.33. The van der Waals surface area contributed by atoms with E-state index < -0.39 is 0 Å². The molecular weight excluding hydrogens is 262 g/mol. The topological polar surface area (TPSA) is 49.8 Å². The van der Waals surface area contributed by atoms with Crippen LogP contribution in [0.15, 0.2) is 30.3 Å². The second kappa shape index (κ2) is 6.93. The summed E-state index contributed by atoms with van der Waals surface area (Å²) in [6.07, 6.45) is 1.57. The van der Waals surface area contributed by atoms with Gasteiger partial charge in [-0.2, -0.15) is 11.8 Å². The molecule has 4 nitrogen and oxygen atoms in total. The standard InChI is InChI=1S/C14H19NO3S/c1-19-10-13(17)15-7-8-18-12(9-16)14(15)11-5-3-2-4-6-11/h2-6,12,14,16H,7-10H2,1H3/t12-,14-/m1/s1. The molecule has 0 saturated carbocycles. The van der Waals surface area contributed by atoms with Crippen LogP contribution in [0.4, 0.5) is 0 Å². The lowest BCUT2D eigenvalue weighted by Gasteiger charge is -2.40. The number of aliphatic hydroxyl groups is 1. The first-order valence-corrected chi connectivity index (χ1v) is 7.73. The van der Waals surface area contributed by atoms with Gasteiger partial charge in [-0.15, -0.1) is 0 Å². The predicted octanol–water partition coefficient (Wildman–Crippen LogP) is 1.31. The van der Waals surface area contributed by atoms with E-state index in [0.717, 1.165) is 5.56 Å². The minimum absolute atomic E-state index is 0.0807. The fourth-order valence-electron chi connectivity index (χ4n) is 2.42. The maximum atomic E-state index is 12.2.